The number of carbonyl (C=O) groups excluding carboxylic acids is 1. The molecule has 0 spiro atoms. The minimum atomic E-state index is -4.29. The van der Waals surface area contributed by atoms with Crippen molar-refractivity contribution in [2.45, 2.75) is 75.9 Å². The third kappa shape index (κ3) is 4.78. The van der Waals surface area contributed by atoms with Crippen molar-refractivity contribution in [1.29, 1.82) is 0 Å². The summed E-state index contributed by atoms with van der Waals surface area (Å²) in [6.07, 6.45) is 0.178. The average molecular weight is 546 g/mol. The Hall–Kier alpha value is -1.01. The zero-order valence-electron chi connectivity index (χ0n) is 22.4. The molecule has 6 fully saturated rings. The highest BCUT2D eigenvalue weighted by molar-refractivity contribution is 5.82. The maximum Gasteiger partial charge on any atom is 0.392 e. The van der Waals surface area contributed by atoms with Crippen LogP contribution in [0.2, 0.25) is 0 Å². The standard InChI is InChI=1S/C27H43F4N5O2/c1-34-16-32-33-24(34)23(28)26(14-38-15-26)18-5-4-6-19(11-18)36-13-21-20(25(36)37)9-17(10-22(21)27(29,30)31)12-35-7-2-3-8-35/h17-24,32-33H,2-16H2,1H3/t17?,18?,19?,20?,21?,22?,23-,24?/m0/s1. The van der Waals surface area contributed by atoms with Crippen molar-refractivity contribution in [2.75, 3.05) is 53.1 Å². The molecule has 6 rings (SSSR count). The van der Waals surface area contributed by atoms with Gasteiger partial charge in [0.05, 0.1) is 31.2 Å². The summed E-state index contributed by atoms with van der Waals surface area (Å²) >= 11 is 0. The molecule has 2 aliphatic carbocycles. The van der Waals surface area contributed by atoms with Crippen molar-refractivity contribution in [3.05, 3.63) is 0 Å². The first kappa shape index (κ1) is 27.2. The topological polar surface area (TPSA) is 60.1 Å². The van der Waals surface area contributed by atoms with E-state index in [1.807, 2.05) is 11.9 Å². The molecule has 0 radical (unpaired) electrons. The Morgan fingerprint density at radius 1 is 1.11 bits per heavy atom. The summed E-state index contributed by atoms with van der Waals surface area (Å²) in [5.74, 6) is -2.75. The number of amides is 1. The molecule has 7 nitrogen and oxygen atoms in total. The SMILES string of the molecule is CN1CNNC1[C@H](F)C1(C2CCCC(N3CC4C(CC(CN5CCCC5)CC4C(F)(F)F)C3=O)C2)COC1. The van der Waals surface area contributed by atoms with Gasteiger partial charge in [-0.25, -0.2) is 15.2 Å². The normalized spacial score (nSPS) is 41.3. The molecule has 1 amide bonds. The van der Waals surface area contributed by atoms with E-state index in [0.29, 0.717) is 39.3 Å². The van der Waals surface area contributed by atoms with E-state index >= 15 is 4.39 Å². The fourth-order valence-electron chi connectivity index (χ4n) is 8.72. The molecule has 6 aliphatic rings. The van der Waals surface area contributed by atoms with Crippen LogP contribution in [0.25, 0.3) is 0 Å². The second-order valence-electron chi connectivity index (χ2n) is 13.1. The average Bonchev–Trinajstić information content (AvgIpc) is 3.59. The number of ether oxygens (including phenoxy) is 1. The van der Waals surface area contributed by atoms with Crippen LogP contribution in [0.1, 0.15) is 51.4 Å². The molecule has 0 aromatic carbocycles. The van der Waals surface area contributed by atoms with Crippen LogP contribution in [-0.4, -0.2) is 98.3 Å². The number of likely N-dealkylation sites (tertiary alicyclic amines) is 2. The van der Waals surface area contributed by atoms with E-state index < -0.39 is 41.7 Å². The quantitative estimate of drug-likeness (QED) is 0.501. The first-order valence-electron chi connectivity index (χ1n) is 14.7. The van der Waals surface area contributed by atoms with Gasteiger partial charge in [0, 0.05) is 25.0 Å². The van der Waals surface area contributed by atoms with Crippen molar-refractivity contribution in [1.82, 2.24) is 25.6 Å². The minimum Gasteiger partial charge on any atom is -0.380 e. The fraction of sp³-hybridized carbons (Fsp3) is 0.963. The van der Waals surface area contributed by atoms with Gasteiger partial charge in [-0.15, -0.1) is 0 Å². The van der Waals surface area contributed by atoms with Crippen LogP contribution >= 0.6 is 0 Å². The maximum atomic E-state index is 16.0. The largest absolute Gasteiger partial charge is 0.392 e. The molecular weight excluding hydrogens is 502 g/mol. The number of fused-ring (bicyclic) bond motifs is 1. The van der Waals surface area contributed by atoms with Gasteiger partial charge in [0.1, 0.15) is 12.3 Å². The fourth-order valence-corrected chi connectivity index (χ4v) is 8.72. The molecule has 2 N–H and O–H groups in total. The number of rotatable bonds is 6. The summed E-state index contributed by atoms with van der Waals surface area (Å²) in [4.78, 5) is 19.7. The first-order chi connectivity index (χ1) is 18.2. The second kappa shape index (κ2) is 10.4. The molecule has 8 atom stereocenters. The van der Waals surface area contributed by atoms with E-state index in [0.717, 1.165) is 45.2 Å². The molecule has 0 bridgehead atoms. The van der Waals surface area contributed by atoms with Crippen LogP contribution < -0.4 is 10.9 Å². The van der Waals surface area contributed by atoms with E-state index in [1.54, 1.807) is 4.90 Å². The predicted octanol–water partition coefficient (Wildman–Crippen LogP) is 2.98. The van der Waals surface area contributed by atoms with Crippen LogP contribution in [-0.2, 0) is 9.53 Å². The highest BCUT2D eigenvalue weighted by Crippen LogP contribution is 2.53. The van der Waals surface area contributed by atoms with E-state index in [4.69, 9.17) is 4.74 Å². The smallest absolute Gasteiger partial charge is 0.380 e. The molecule has 2 saturated carbocycles. The summed E-state index contributed by atoms with van der Waals surface area (Å²) in [5, 5.41) is 0. The predicted molar refractivity (Wildman–Crippen MR) is 133 cm³/mol. The lowest BCUT2D eigenvalue weighted by atomic mass is 9.63. The Kier molecular flexibility index (Phi) is 7.46. The summed E-state index contributed by atoms with van der Waals surface area (Å²) in [7, 11) is 1.87. The number of nitrogens with zero attached hydrogens (tertiary/aromatic N) is 3. The summed E-state index contributed by atoms with van der Waals surface area (Å²) < 4.78 is 64.5. The molecule has 4 aliphatic heterocycles. The number of hydrogen-bond donors (Lipinski definition) is 2. The van der Waals surface area contributed by atoms with E-state index in [2.05, 4.69) is 15.8 Å². The van der Waals surface area contributed by atoms with Crippen LogP contribution in [0.3, 0.4) is 0 Å². The van der Waals surface area contributed by atoms with Crippen molar-refractivity contribution in [3.8, 4) is 0 Å². The van der Waals surface area contributed by atoms with Gasteiger partial charge in [-0.1, -0.05) is 6.42 Å². The number of hydrazine groups is 1. The lowest BCUT2D eigenvalue weighted by Crippen LogP contribution is -2.63. The van der Waals surface area contributed by atoms with Gasteiger partial charge < -0.3 is 14.5 Å². The Morgan fingerprint density at radius 2 is 1.87 bits per heavy atom. The molecule has 216 valence electrons. The van der Waals surface area contributed by atoms with Gasteiger partial charge in [-0.2, -0.15) is 13.2 Å². The molecule has 38 heavy (non-hydrogen) atoms. The zero-order valence-corrected chi connectivity index (χ0v) is 22.4. The van der Waals surface area contributed by atoms with Gasteiger partial charge in [0.15, 0.2) is 0 Å². The minimum absolute atomic E-state index is 0.0394. The van der Waals surface area contributed by atoms with Crippen molar-refractivity contribution < 1.29 is 27.1 Å². The second-order valence-corrected chi connectivity index (χ2v) is 13.1. The van der Waals surface area contributed by atoms with Gasteiger partial charge >= 0.3 is 6.18 Å². The Balaban J connectivity index is 1.17. The Labute approximate surface area is 222 Å². The number of nitrogens with one attached hydrogen (secondary N) is 2. The Bertz CT molecular complexity index is 867. The molecular formula is C27H43F4N5O2. The number of hydrogen-bond acceptors (Lipinski definition) is 6. The lowest BCUT2D eigenvalue weighted by Gasteiger charge is -2.53. The Morgan fingerprint density at radius 3 is 2.50 bits per heavy atom. The summed E-state index contributed by atoms with van der Waals surface area (Å²) in [6.45, 7) is 4.03. The van der Waals surface area contributed by atoms with E-state index in [1.165, 1.54) is 0 Å². The highest BCUT2D eigenvalue weighted by Gasteiger charge is 2.60. The van der Waals surface area contributed by atoms with E-state index in [-0.39, 0.29) is 36.8 Å². The highest BCUT2D eigenvalue weighted by atomic mass is 19.4. The van der Waals surface area contributed by atoms with Crippen LogP contribution in [0.4, 0.5) is 17.6 Å². The lowest BCUT2D eigenvalue weighted by molar-refractivity contribution is -0.205. The molecule has 7 unspecified atom stereocenters. The summed E-state index contributed by atoms with van der Waals surface area (Å²) in [5.41, 5.74) is 5.43. The number of carbonyl (C=O) groups is 1. The zero-order chi connectivity index (χ0) is 26.7. The van der Waals surface area contributed by atoms with Gasteiger partial charge in [-0.05, 0) is 82.8 Å². The van der Waals surface area contributed by atoms with Gasteiger partial charge in [0.25, 0.3) is 0 Å². The third-order valence-electron chi connectivity index (χ3n) is 10.9. The first-order valence-corrected chi connectivity index (χ1v) is 14.7. The van der Waals surface area contributed by atoms with E-state index in [9.17, 15) is 18.0 Å². The molecule has 0 aromatic rings. The van der Waals surface area contributed by atoms with Crippen molar-refractivity contribution in [2.24, 2.45) is 35.0 Å². The molecule has 11 heteroatoms. The maximum absolute atomic E-state index is 16.0. The van der Waals surface area contributed by atoms with Crippen LogP contribution in [0.15, 0.2) is 0 Å². The van der Waals surface area contributed by atoms with Crippen LogP contribution in [0.5, 0.6) is 0 Å². The number of halogens is 4. The number of alkyl halides is 4. The third-order valence-corrected chi connectivity index (χ3v) is 10.9. The van der Waals surface area contributed by atoms with Gasteiger partial charge in [-0.3, -0.25) is 9.69 Å². The van der Waals surface area contributed by atoms with Crippen molar-refractivity contribution in [3.63, 3.8) is 0 Å². The molecule has 4 heterocycles. The molecule has 4 saturated heterocycles. The van der Waals surface area contributed by atoms with Crippen LogP contribution in [0, 0.1) is 35.0 Å². The monoisotopic (exact) mass is 545 g/mol. The molecule has 0 aromatic heterocycles. The van der Waals surface area contributed by atoms with Crippen molar-refractivity contribution >= 4 is 5.91 Å². The van der Waals surface area contributed by atoms with Gasteiger partial charge in [0.2, 0.25) is 5.91 Å². The summed E-state index contributed by atoms with van der Waals surface area (Å²) in [6, 6.07) is -0.116.